The Morgan fingerprint density at radius 2 is 2.21 bits per heavy atom. The Kier molecular flexibility index (Phi) is 3.63. The lowest BCUT2D eigenvalue weighted by molar-refractivity contribution is 0.101. The van der Waals surface area contributed by atoms with E-state index in [0.29, 0.717) is 16.8 Å². The van der Waals surface area contributed by atoms with Crippen molar-refractivity contribution in [2.45, 2.75) is 13.8 Å². The maximum Gasteiger partial charge on any atom is 0.162 e. The smallest absolute Gasteiger partial charge is 0.162 e. The van der Waals surface area contributed by atoms with E-state index < -0.39 is 5.82 Å². The summed E-state index contributed by atoms with van der Waals surface area (Å²) in [6.45, 7) is 3.62. The first-order valence-electron chi connectivity index (χ1n) is 4.19. The van der Waals surface area contributed by atoms with Crippen LogP contribution in [-0.4, -0.2) is 12.4 Å². The molecule has 0 heterocycles. The van der Waals surface area contributed by atoms with Gasteiger partial charge in [0.25, 0.3) is 0 Å². The Balaban J connectivity index is 3.20. The second-order valence-electron chi connectivity index (χ2n) is 2.75. The fourth-order valence-corrected chi connectivity index (χ4v) is 1.49. The number of ether oxygens (including phenoxy) is 1. The van der Waals surface area contributed by atoms with Crippen LogP contribution in [0.5, 0.6) is 5.75 Å². The third-order valence-corrected chi connectivity index (χ3v) is 2.32. The molecule has 0 aromatic heterocycles. The highest BCUT2D eigenvalue weighted by atomic mass is 79.9. The minimum atomic E-state index is -0.534. The quantitative estimate of drug-likeness (QED) is 0.781. The second kappa shape index (κ2) is 4.55. The van der Waals surface area contributed by atoms with E-state index >= 15 is 0 Å². The predicted octanol–water partition coefficient (Wildman–Crippen LogP) is 3.19. The van der Waals surface area contributed by atoms with Crippen LogP contribution in [0.2, 0.25) is 0 Å². The summed E-state index contributed by atoms with van der Waals surface area (Å²) >= 11 is 3.16. The first-order chi connectivity index (χ1) is 6.56. The summed E-state index contributed by atoms with van der Waals surface area (Å²) in [4.78, 5) is 11.0. The van der Waals surface area contributed by atoms with Crippen LogP contribution in [-0.2, 0) is 0 Å². The molecule has 0 bridgehead atoms. The molecule has 14 heavy (non-hydrogen) atoms. The lowest BCUT2D eigenvalue weighted by Gasteiger charge is -2.07. The van der Waals surface area contributed by atoms with Gasteiger partial charge in [0.05, 0.1) is 16.6 Å². The van der Waals surface area contributed by atoms with Crippen molar-refractivity contribution in [3.8, 4) is 5.75 Å². The van der Waals surface area contributed by atoms with Crippen LogP contribution < -0.4 is 4.74 Å². The average molecular weight is 261 g/mol. The van der Waals surface area contributed by atoms with E-state index in [2.05, 4.69) is 15.9 Å². The maximum atomic E-state index is 13.2. The first-order valence-corrected chi connectivity index (χ1v) is 4.98. The highest BCUT2D eigenvalue weighted by Gasteiger charge is 2.12. The number of benzene rings is 1. The second-order valence-corrected chi connectivity index (χ2v) is 3.61. The van der Waals surface area contributed by atoms with Gasteiger partial charge in [0.1, 0.15) is 11.6 Å². The summed E-state index contributed by atoms with van der Waals surface area (Å²) in [5.41, 5.74) is 0.0525. The molecular weight excluding hydrogens is 251 g/mol. The molecule has 0 aliphatic rings. The Bertz CT molecular complexity index is 363. The van der Waals surface area contributed by atoms with Crippen molar-refractivity contribution in [3.05, 3.63) is 28.0 Å². The van der Waals surface area contributed by atoms with Crippen LogP contribution in [0.4, 0.5) is 4.39 Å². The predicted molar refractivity (Wildman–Crippen MR) is 55.3 cm³/mol. The van der Waals surface area contributed by atoms with E-state index in [4.69, 9.17) is 4.74 Å². The molecule has 1 rings (SSSR count). The number of rotatable bonds is 3. The summed E-state index contributed by atoms with van der Waals surface area (Å²) in [6, 6.07) is 2.65. The van der Waals surface area contributed by atoms with Crippen molar-refractivity contribution in [3.63, 3.8) is 0 Å². The third kappa shape index (κ3) is 2.32. The van der Waals surface area contributed by atoms with Gasteiger partial charge >= 0.3 is 0 Å². The Morgan fingerprint density at radius 1 is 1.57 bits per heavy atom. The number of carbonyl (C=O) groups is 1. The summed E-state index contributed by atoms with van der Waals surface area (Å²) < 4.78 is 18.9. The topological polar surface area (TPSA) is 26.3 Å². The van der Waals surface area contributed by atoms with Gasteiger partial charge < -0.3 is 4.74 Å². The molecule has 0 unspecified atom stereocenters. The van der Waals surface area contributed by atoms with E-state index in [1.54, 1.807) is 0 Å². The van der Waals surface area contributed by atoms with Gasteiger partial charge in [0.2, 0.25) is 0 Å². The molecule has 0 aliphatic carbocycles. The lowest BCUT2D eigenvalue weighted by Crippen LogP contribution is -2.00. The monoisotopic (exact) mass is 260 g/mol. The van der Waals surface area contributed by atoms with Gasteiger partial charge in [-0.05, 0) is 41.9 Å². The number of carbonyl (C=O) groups excluding carboxylic acids is 1. The van der Waals surface area contributed by atoms with Crippen molar-refractivity contribution in [1.82, 2.24) is 0 Å². The largest absolute Gasteiger partial charge is 0.493 e. The van der Waals surface area contributed by atoms with Crippen LogP contribution in [0.1, 0.15) is 24.2 Å². The Hall–Kier alpha value is -0.900. The molecule has 0 spiro atoms. The molecule has 0 radical (unpaired) electrons. The molecule has 0 aliphatic heterocycles. The van der Waals surface area contributed by atoms with Gasteiger partial charge in [-0.25, -0.2) is 4.39 Å². The zero-order valence-electron chi connectivity index (χ0n) is 7.93. The lowest BCUT2D eigenvalue weighted by atomic mass is 10.1. The van der Waals surface area contributed by atoms with Gasteiger partial charge in [-0.2, -0.15) is 0 Å². The van der Waals surface area contributed by atoms with Crippen LogP contribution in [0.15, 0.2) is 16.6 Å². The van der Waals surface area contributed by atoms with Gasteiger partial charge in [0, 0.05) is 0 Å². The summed E-state index contributed by atoms with van der Waals surface area (Å²) in [7, 11) is 0. The van der Waals surface area contributed by atoms with Crippen molar-refractivity contribution in [2.75, 3.05) is 6.61 Å². The molecule has 0 amide bonds. The van der Waals surface area contributed by atoms with Crippen molar-refractivity contribution < 1.29 is 13.9 Å². The Labute approximate surface area is 90.2 Å². The summed E-state index contributed by atoms with van der Waals surface area (Å²) in [5.74, 6) is -0.358. The number of halogens is 2. The summed E-state index contributed by atoms with van der Waals surface area (Å²) in [5, 5.41) is 0. The van der Waals surface area contributed by atoms with Crippen LogP contribution >= 0.6 is 15.9 Å². The minimum absolute atomic E-state index is 0.0525. The molecule has 4 heteroatoms. The molecule has 0 atom stereocenters. The molecule has 0 saturated carbocycles. The highest BCUT2D eigenvalue weighted by Crippen LogP contribution is 2.28. The van der Waals surface area contributed by atoms with E-state index in [1.807, 2.05) is 6.92 Å². The maximum absolute atomic E-state index is 13.2. The number of hydrogen-bond acceptors (Lipinski definition) is 2. The average Bonchev–Trinajstić information content (AvgIpc) is 2.09. The first kappa shape index (κ1) is 11.2. The van der Waals surface area contributed by atoms with Crippen LogP contribution in [0, 0.1) is 5.82 Å². The van der Waals surface area contributed by atoms with Gasteiger partial charge in [-0.1, -0.05) is 0 Å². The molecule has 0 N–H and O–H groups in total. The molecule has 1 aromatic rings. The molecule has 76 valence electrons. The highest BCUT2D eigenvalue weighted by molar-refractivity contribution is 9.10. The van der Waals surface area contributed by atoms with E-state index in [9.17, 15) is 9.18 Å². The van der Waals surface area contributed by atoms with E-state index in [-0.39, 0.29) is 11.3 Å². The summed E-state index contributed by atoms with van der Waals surface area (Å²) in [6.07, 6.45) is 0. The van der Waals surface area contributed by atoms with Crippen molar-refractivity contribution in [2.24, 2.45) is 0 Å². The Morgan fingerprint density at radius 3 is 2.71 bits per heavy atom. The standard InChI is InChI=1S/C10H10BrFO2/c1-3-14-10-4-7(6(2)13)9(12)5-8(10)11/h4-5H,3H2,1-2H3. The SMILES string of the molecule is CCOc1cc(C(C)=O)c(F)cc1Br. The van der Waals surface area contributed by atoms with Gasteiger partial charge in [-0.3, -0.25) is 4.79 Å². The molecule has 0 fully saturated rings. The number of ketones is 1. The zero-order chi connectivity index (χ0) is 10.7. The zero-order valence-corrected chi connectivity index (χ0v) is 9.52. The fraction of sp³-hybridized carbons (Fsp3) is 0.300. The fourth-order valence-electron chi connectivity index (χ4n) is 1.07. The van der Waals surface area contributed by atoms with Gasteiger partial charge in [0.15, 0.2) is 5.78 Å². The molecule has 1 aromatic carbocycles. The van der Waals surface area contributed by atoms with Crippen molar-refractivity contribution >= 4 is 21.7 Å². The molecule has 0 saturated heterocycles. The van der Waals surface area contributed by atoms with Crippen molar-refractivity contribution in [1.29, 1.82) is 0 Å². The van der Waals surface area contributed by atoms with Gasteiger partial charge in [-0.15, -0.1) is 0 Å². The van der Waals surface area contributed by atoms with Crippen LogP contribution in [0.25, 0.3) is 0 Å². The normalized spacial score (nSPS) is 10.0. The number of hydrogen-bond donors (Lipinski definition) is 0. The molecule has 2 nitrogen and oxygen atoms in total. The third-order valence-electron chi connectivity index (χ3n) is 1.70. The van der Waals surface area contributed by atoms with E-state index in [0.717, 1.165) is 0 Å². The van der Waals surface area contributed by atoms with Crippen LogP contribution in [0.3, 0.4) is 0 Å². The molecular formula is C10H10BrFO2. The minimum Gasteiger partial charge on any atom is -0.493 e. The van der Waals surface area contributed by atoms with E-state index in [1.165, 1.54) is 19.1 Å². The number of Topliss-reactive ketones (excluding diaryl/α,β-unsaturated/α-hetero) is 1.